The SMILES string of the molecule is CN(C)CCc1ccc(NC(=O)C2CCCN(S(=O)(=O)c3ccc(Cl)cc3)C2)cc1. The monoisotopic (exact) mass is 449 g/mol. The predicted octanol–water partition coefficient (Wildman–Crippen LogP) is 3.48. The lowest BCUT2D eigenvalue weighted by molar-refractivity contribution is -0.120. The van der Waals surface area contributed by atoms with Crippen LogP contribution in [-0.2, 0) is 21.2 Å². The van der Waals surface area contributed by atoms with Crippen molar-refractivity contribution in [3.8, 4) is 0 Å². The number of piperidine rings is 1. The number of hydrogen-bond acceptors (Lipinski definition) is 4. The van der Waals surface area contributed by atoms with E-state index in [1.807, 2.05) is 38.4 Å². The van der Waals surface area contributed by atoms with Crippen LogP contribution in [0.3, 0.4) is 0 Å². The van der Waals surface area contributed by atoms with Gasteiger partial charge in [-0.3, -0.25) is 4.79 Å². The van der Waals surface area contributed by atoms with Crippen LogP contribution in [-0.4, -0.2) is 57.3 Å². The molecular formula is C22H28ClN3O3S. The molecule has 1 aliphatic rings. The molecule has 1 unspecified atom stereocenters. The minimum Gasteiger partial charge on any atom is -0.326 e. The molecular weight excluding hydrogens is 422 g/mol. The van der Waals surface area contributed by atoms with Crippen molar-refractivity contribution in [3.05, 3.63) is 59.1 Å². The summed E-state index contributed by atoms with van der Waals surface area (Å²) in [6.07, 6.45) is 2.26. The fourth-order valence-electron chi connectivity index (χ4n) is 3.48. The molecule has 0 spiro atoms. The van der Waals surface area contributed by atoms with E-state index in [-0.39, 0.29) is 23.3 Å². The second-order valence-electron chi connectivity index (χ2n) is 7.90. The Kier molecular flexibility index (Phi) is 7.52. The molecule has 3 rings (SSSR count). The van der Waals surface area contributed by atoms with Crippen LogP contribution < -0.4 is 5.32 Å². The van der Waals surface area contributed by atoms with E-state index in [2.05, 4.69) is 10.2 Å². The Morgan fingerprint density at radius 1 is 1.13 bits per heavy atom. The summed E-state index contributed by atoms with van der Waals surface area (Å²) in [7, 11) is 0.427. The minimum atomic E-state index is -3.65. The Bertz CT molecular complexity index is 960. The number of carbonyl (C=O) groups is 1. The highest BCUT2D eigenvalue weighted by Gasteiger charge is 2.33. The van der Waals surface area contributed by atoms with Gasteiger partial charge in [0.25, 0.3) is 0 Å². The van der Waals surface area contributed by atoms with Crippen LogP contribution in [0, 0.1) is 5.92 Å². The molecule has 1 atom stereocenters. The van der Waals surface area contributed by atoms with Gasteiger partial charge in [0.1, 0.15) is 0 Å². The largest absolute Gasteiger partial charge is 0.326 e. The first-order valence-electron chi connectivity index (χ1n) is 10.1. The molecule has 0 radical (unpaired) electrons. The number of likely N-dealkylation sites (N-methyl/N-ethyl adjacent to an activating group) is 1. The summed E-state index contributed by atoms with van der Waals surface area (Å²) >= 11 is 5.87. The molecule has 2 aromatic carbocycles. The van der Waals surface area contributed by atoms with E-state index in [0.29, 0.717) is 24.4 Å². The van der Waals surface area contributed by atoms with Gasteiger partial charge in [0.15, 0.2) is 0 Å². The Morgan fingerprint density at radius 2 is 1.80 bits per heavy atom. The van der Waals surface area contributed by atoms with Crippen LogP contribution in [0.25, 0.3) is 0 Å². The number of rotatable bonds is 7. The third-order valence-corrected chi connectivity index (χ3v) is 7.41. The van der Waals surface area contributed by atoms with Gasteiger partial charge in [-0.25, -0.2) is 8.42 Å². The van der Waals surface area contributed by atoms with Gasteiger partial charge in [-0.1, -0.05) is 23.7 Å². The number of halogens is 1. The van der Waals surface area contributed by atoms with Gasteiger partial charge in [0.2, 0.25) is 15.9 Å². The van der Waals surface area contributed by atoms with Gasteiger partial charge in [0.05, 0.1) is 10.8 Å². The van der Waals surface area contributed by atoms with Crippen molar-refractivity contribution in [2.75, 3.05) is 39.0 Å². The van der Waals surface area contributed by atoms with Crippen molar-refractivity contribution >= 4 is 33.2 Å². The molecule has 0 bridgehead atoms. The quantitative estimate of drug-likeness (QED) is 0.702. The second kappa shape index (κ2) is 9.92. The minimum absolute atomic E-state index is 0.146. The van der Waals surface area contributed by atoms with Crippen molar-refractivity contribution in [1.29, 1.82) is 0 Å². The highest BCUT2D eigenvalue weighted by atomic mass is 35.5. The summed E-state index contributed by atoms with van der Waals surface area (Å²) < 4.78 is 27.2. The zero-order chi connectivity index (χ0) is 21.7. The first-order chi connectivity index (χ1) is 14.3. The lowest BCUT2D eigenvalue weighted by atomic mass is 9.98. The third kappa shape index (κ3) is 5.82. The fourth-order valence-corrected chi connectivity index (χ4v) is 5.13. The van der Waals surface area contributed by atoms with E-state index in [0.717, 1.165) is 18.7 Å². The molecule has 2 aromatic rings. The number of sulfonamides is 1. The molecule has 0 saturated carbocycles. The summed E-state index contributed by atoms with van der Waals surface area (Å²) in [6.45, 7) is 1.55. The average Bonchev–Trinajstić information content (AvgIpc) is 2.73. The van der Waals surface area contributed by atoms with Crippen LogP contribution in [0.4, 0.5) is 5.69 Å². The van der Waals surface area contributed by atoms with E-state index >= 15 is 0 Å². The number of nitrogens with one attached hydrogen (secondary N) is 1. The maximum Gasteiger partial charge on any atom is 0.243 e. The summed E-state index contributed by atoms with van der Waals surface area (Å²) in [5.74, 6) is -0.527. The Morgan fingerprint density at radius 3 is 2.43 bits per heavy atom. The summed E-state index contributed by atoms with van der Waals surface area (Å²) in [6, 6.07) is 13.9. The van der Waals surface area contributed by atoms with Gasteiger partial charge in [-0.15, -0.1) is 0 Å². The highest BCUT2D eigenvalue weighted by Crippen LogP contribution is 2.25. The fraction of sp³-hybridized carbons (Fsp3) is 0.409. The first-order valence-corrected chi connectivity index (χ1v) is 11.9. The molecule has 1 heterocycles. The number of benzene rings is 2. The molecule has 0 aliphatic carbocycles. The van der Waals surface area contributed by atoms with E-state index in [1.54, 1.807) is 12.1 Å². The second-order valence-corrected chi connectivity index (χ2v) is 10.3. The number of hydrogen-bond donors (Lipinski definition) is 1. The molecule has 1 saturated heterocycles. The van der Waals surface area contributed by atoms with Crippen molar-refractivity contribution in [1.82, 2.24) is 9.21 Å². The van der Waals surface area contributed by atoms with Crippen LogP contribution >= 0.6 is 11.6 Å². The molecule has 1 aliphatic heterocycles. The smallest absolute Gasteiger partial charge is 0.243 e. The number of anilines is 1. The van der Waals surface area contributed by atoms with Crippen LogP contribution in [0.2, 0.25) is 5.02 Å². The Hall–Kier alpha value is -1.93. The highest BCUT2D eigenvalue weighted by molar-refractivity contribution is 7.89. The molecule has 6 nitrogen and oxygen atoms in total. The molecule has 162 valence electrons. The van der Waals surface area contributed by atoms with Gasteiger partial charge in [-0.2, -0.15) is 4.31 Å². The molecule has 1 fully saturated rings. The maximum absolute atomic E-state index is 12.9. The van der Waals surface area contributed by atoms with Gasteiger partial charge in [0, 0.05) is 30.3 Å². The maximum atomic E-state index is 12.9. The molecule has 30 heavy (non-hydrogen) atoms. The first kappa shape index (κ1) is 22.7. The molecule has 0 aromatic heterocycles. The topological polar surface area (TPSA) is 69.7 Å². The normalized spacial score (nSPS) is 17.8. The molecule has 1 amide bonds. The number of carbonyl (C=O) groups excluding carboxylic acids is 1. The standard InChI is InChI=1S/C22H28ClN3O3S/c1-25(2)15-13-17-5-9-20(10-6-17)24-22(27)18-4-3-14-26(16-18)30(28,29)21-11-7-19(23)8-12-21/h5-12,18H,3-4,13-16H2,1-2H3,(H,24,27). The lowest BCUT2D eigenvalue weighted by Crippen LogP contribution is -2.43. The zero-order valence-electron chi connectivity index (χ0n) is 17.3. The Labute approximate surface area is 183 Å². The zero-order valence-corrected chi connectivity index (χ0v) is 18.9. The predicted molar refractivity (Wildman–Crippen MR) is 120 cm³/mol. The number of nitrogens with zero attached hydrogens (tertiary/aromatic N) is 2. The summed E-state index contributed by atoms with van der Waals surface area (Å²) in [5, 5.41) is 3.42. The lowest BCUT2D eigenvalue weighted by Gasteiger charge is -2.31. The van der Waals surface area contributed by atoms with Crippen molar-refractivity contribution in [2.45, 2.75) is 24.2 Å². The third-order valence-electron chi connectivity index (χ3n) is 5.28. The number of amides is 1. The molecule has 1 N–H and O–H groups in total. The Balaban J connectivity index is 1.62. The van der Waals surface area contributed by atoms with Gasteiger partial charge < -0.3 is 10.2 Å². The van der Waals surface area contributed by atoms with E-state index in [4.69, 9.17) is 11.6 Å². The molecule has 8 heteroatoms. The van der Waals surface area contributed by atoms with Crippen molar-refractivity contribution in [3.63, 3.8) is 0 Å². The van der Waals surface area contributed by atoms with Crippen molar-refractivity contribution < 1.29 is 13.2 Å². The van der Waals surface area contributed by atoms with E-state index in [9.17, 15) is 13.2 Å². The van der Waals surface area contributed by atoms with Crippen LogP contribution in [0.1, 0.15) is 18.4 Å². The van der Waals surface area contributed by atoms with Crippen LogP contribution in [0.5, 0.6) is 0 Å². The van der Waals surface area contributed by atoms with Crippen molar-refractivity contribution in [2.24, 2.45) is 5.92 Å². The van der Waals surface area contributed by atoms with E-state index in [1.165, 1.54) is 22.0 Å². The average molecular weight is 450 g/mol. The summed E-state index contributed by atoms with van der Waals surface area (Å²) in [4.78, 5) is 15.1. The van der Waals surface area contributed by atoms with Gasteiger partial charge in [-0.05, 0) is 75.3 Å². The van der Waals surface area contributed by atoms with E-state index < -0.39 is 10.0 Å². The van der Waals surface area contributed by atoms with Crippen LogP contribution in [0.15, 0.2) is 53.4 Å². The van der Waals surface area contributed by atoms with Gasteiger partial charge >= 0.3 is 0 Å². The summed E-state index contributed by atoms with van der Waals surface area (Å²) in [5.41, 5.74) is 1.94.